The number of benzene rings is 1. The minimum Gasteiger partial charge on any atom is -0.480 e. The maximum Gasteiger partial charge on any atom is 0.326 e. The second-order valence-corrected chi connectivity index (χ2v) is 8.00. The first-order valence-electron chi connectivity index (χ1n) is 9.65. The van der Waals surface area contributed by atoms with Gasteiger partial charge in [0, 0.05) is 6.54 Å². The highest BCUT2D eigenvalue weighted by Gasteiger charge is 2.48. The normalized spacial score (nSPS) is 21.7. The van der Waals surface area contributed by atoms with Gasteiger partial charge in [0.25, 0.3) is 0 Å². The number of nitrogens with one attached hydrogen (secondary N) is 1. The van der Waals surface area contributed by atoms with Crippen molar-refractivity contribution < 1.29 is 19.5 Å². The van der Waals surface area contributed by atoms with Crippen LogP contribution < -0.4 is 5.32 Å². The fraction of sp³-hybridized carbons (Fsp3) is 0.524. The van der Waals surface area contributed by atoms with Crippen molar-refractivity contribution in [3.63, 3.8) is 0 Å². The van der Waals surface area contributed by atoms with Crippen LogP contribution in [-0.4, -0.2) is 46.4 Å². The van der Waals surface area contributed by atoms with Crippen molar-refractivity contribution in [2.45, 2.75) is 57.0 Å². The van der Waals surface area contributed by atoms with E-state index in [-0.39, 0.29) is 17.7 Å². The van der Waals surface area contributed by atoms with Gasteiger partial charge in [0.05, 0.1) is 17.0 Å². The smallest absolute Gasteiger partial charge is 0.326 e. The van der Waals surface area contributed by atoms with E-state index in [0.29, 0.717) is 31.4 Å². The molecule has 2 atom stereocenters. The molecule has 28 heavy (non-hydrogen) atoms. The number of amides is 2. The molecule has 1 aromatic carbocycles. The lowest BCUT2D eigenvalue weighted by Crippen LogP contribution is -2.55. The van der Waals surface area contributed by atoms with E-state index in [0.717, 1.165) is 12.0 Å². The van der Waals surface area contributed by atoms with Gasteiger partial charge in [0.1, 0.15) is 12.1 Å². The second kappa shape index (κ2) is 7.63. The van der Waals surface area contributed by atoms with E-state index in [1.165, 1.54) is 4.90 Å². The van der Waals surface area contributed by atoms with E-state index in [2.05, 4.69) is 11.4 Å². The zero-order valence-electron chi connectivity index (χ0n) is 16.1. The van der Waals surface area contributed by atoms with Crippen LogP contribution in [0.1, 0.15) is 50.7 Å². The molecular weight excluding hydrogens is 358 g/mol. The van der Waals surface area contributed by atoms with Crippen LogP contribution in [0.5, 0.6) is 0 Å². The summed E-state index contributed by atoms with van der Waals surface area (Å²) in [7, 11) is 0. The molecule has 7 nitrogen and oxygen atoms in total. The number of carboxylic acid groups (broad SMARTS) is 1. The van der Waals surface area contributed by atoms with E-state index in [1.807, 2.05) is 6.07 Å². The monoisotopic (exact) mass is 383 g/mol. The molecule has 2 fully saturated rings. The Labute approximate surface area is 164 Å². The maximum atomic E-state index is 13.1. The molecule has 2 aliphatic rings. The Balaban J connectivity index is 1.76. The second-order valence-electron chi connectivity index (χ2n) is 8.00. The molecule has 0 aromatic heterocycles. The summed E-state index contributed by atoms with van der Waals surface area (Å²) in [6.45, 7) is 3.85. The lowest BCUT2D eigenvalue weighted by Gasteiger charge is -2.41. The van der Waals surface area contributed by atoms with E-state index in [4.69, 9.17) is 5.26 Å². The van der Waals surface area contributed by atoms with Crippen LogP contribution in [0.3, 0.4) is 0 Å². The quantitative estimate of drug-likeness (QED) is 0.778. The minimum atomic E-state index is -1.03. The summed E-state index contributed by atoms with van der Waals surface area (Å²) < 4.78 is 0. The van der Waals surface area contributed by atoms with Crippen molar-refractivity contribution >= 4 is 17.8 Å². The molecule has 1 aromatic rings. The van der Waals surface area contributed by atoms with Gasteiger partial charge in [-0.15, -0.1) is 0 Å². The molecule has 1 aliphatic heterocycles. The number of hydrogen-bond donors (Lipinski definition) is 2. The van der Waals surface area contributed by atoms with Crippen molar-refractivity contribution in [3.05, 3.63) is 35.4 Å². The molecule has 1 saturated heterocycles. The molecule has 0 bridgehead atoms. The van der Waals surface area contributed by atoms with Crippen molar-refractivity contribution in [1.29, 1.82) is 5.26 Å². The molecule has 1 heterocycles. The molecule has 1 aliphatic carbocycles. The number of carboxylic acids is 1. The maximum absolute atomic E-state index is 13.1. The van der Waals surface area contributed by atoms with Crippen molar-refractivity contribution in [3.8, 4) is 6.07 Å². The van der Waals surface area contributed by atoms with Gasteiger partial charge in [-0.1, -0.05) is 32.4 Å². The highest BCUT2D eigenvalue weighted by atomic mass is 16.4. The molecule has 2 N–H and O–H groups in total. The summed E-state index contributed by atoms with van der Waals surface area (Å²) in [5, 5.41) is 21.5. The molecule has 7 heteroatoms. The number of carbonyl (C=O) groups is 3. The summed E-state index contributed by atoms with van der Waals surface area (Å²) in [6, 6.07) is 7.56. The SMILES string of the molecule is CC(C)C(C(=O)O)N1CCC(NC(=O)C2(c3cccc(C#N)c3)CCC2)C1=O. The fourth-order valence-corrected chi connectivity index (χ4v) is 4.25. The number of carbonyl (C=O) groups excluding carboxylic acids is 2. The number of nitriles is 1. The first-order valence-corrected chi connectivity index (χ1v) is 9.65. The first-order chi connectivity index (χ1) is 13.3. The lowest BCUT2D eigenvalue weighted by atomic mass is 9.63. The Hall–Kier alpha value is -2.88. The number of hydrogen-bond acceptors (Lipinski definition) is 4. The zero-order valence-corrected chi connectivity index (χ0v) is 16.1. The van der Waals surface area contributed by atoms with E-state index in [9.17, 15) is 19.5 Å². The van der Waals surface area contributed by atoms with Gasteiger partial charge < -0.3 is 15.3 Å². The van der Waals surface area contributed by atoms with Gasteiger partial charge in [-0.05, 0) is 42.9 Å². The van der Waals surface area contributed by atoms with Gasteiger partial charge in [-0.2, -0.15) is 5.26 Å². The summed E-state index contributed by atoms with van der Waals surface area (Å²) in [6.07, 6.45) is 2.64. The average Bonchev–Trinajstić information content (AvgIpc) is 2.94. The first kappa shape index (κ1) is 19.9. The molecular formula is C21H25N3O4. The Morgan fingerprint density at radius 3 is 2.61 bits per heavy atom. The molecule has 2 amide bonds. The van der Waals surface area contributed by atoms with E-state index in [1.54, 1.807) is 32.0 Å². The van der Waals surface area contributed by atoms with Crippen LogP contribution in [0, 0.1) is 17.2 Å². The number of nitrogens with zero attached hydrogens (tertiary/aromatic N) is 2. The van der Waals surface area contributed by atoms with Gasteiger partial charge in [0.15, 0.2) is 0 Å². The average molecular weight is 383 g/mol. The van der Waals surface area contributed by atoms with Gasteiger partial charge >= 0.3 is 5.97 Å². The third-order valence-electron chi connectivity index (χ3n) is 5.95. The number of aliphatic carboxylic acids is 1. The fourth-order valence-electron chi connectivity index (χ4n) is 4.25. The highest BCUT2D eigenvalue weighted by molar-refractivity contribution is 5.96. The third kappa shape index (κ3) is 3.35. The number of likely N-dealkylation sites (tertiary alicyclic amines) is 1. The lowest BCUT2D eigenvalue weighted by molar-refractivity contribution is -0.150. The van der Waals surface area contributed by atoms with E-state index >= 15 is 0 Å². The topological polar surface area (TPSA) is 110 Å². The van der Waals surface area contributed by atoms with Gasteiger partial charge in [-0.3, -0.25) is 9.59 Å². The van der Waals surface area contributed by atoms with Crippen LogP contribution in [0.2, 0.25) is 0 Å². The molecule has 0 radical (unpaired) electrons. The molecule has 0 spiro atoms. The Kier molecular flexibility index (Phi) is 5.41. The van der Waals surface area contributed by atoms with Crippen LogP contribution >= 0.6 is 0 Å². The summed E-state index contributed by atoms with van der Waals surface area (Å²) in [4.78, 5) is 38.8. The van der Waals surface area contributed by atoms with Crippen LogP contribution in [0.15, 0.2) is 24.3 Å². The van der Waals surface area contributed by atoms with Gasteiger partial charge in [0.2, 0.25) is 11.8 Å². The Bertz CT molecular complexity index is 838. The van der Waals surface area contributed by atoms with Crippen molar-refractivity contribution in [1.82, 2.24) is 10.2 Å². The predicted molar refractivity (Wildman–Crippen MR) is 101 cm³/mol. The zero-order chi connectivity index (χ0) is 20.5. The summed E-state index contributed by atoms with van der Waals surface area (Å²) in [5.74, 6) is -1.80. The minimum absolute atomic E-state index is 0.217. The van der Waals surface area contributed by atoms with Gasteiger partial charge in [-0.25, -0.2) is 4.79 Å². The van der Waals surface area contributed by atoms with Crippen molar-refractivity contribution in [2.24, 2.45) is 5.92 Å². The molecule has 2 unspecified atom stereocenters. The van der Waals surface area contributed by atoms with Crippen LogP contribution in [-0.2, 0) is 19.8 Å². The summed E-state index contributed by atoms with van der Waals surface area (Å²) >= 11 is 0. The predicted octanol–water partition coefficient (Wildman–Crippen LogP) is 1.81. The van der Waals surface area contributed by atoms with Crippen LogP contribution in [0.25, 0.3) is 0 Å². The molecule has 148 valence electrons. The Morgan fingerprint density at radius 2 is 2.07 bits per heavy atom. The van der Waals surface area contributed by atoms with Crippen molar-refractivity contribution in [2.75, 3.05) is 6.54 Å². The molecule has 1 saturated carbocycles. The van der Waals surface area contributed by atoms with E-state index < -0.39 is 23.5 Å². The Morgan fingerprint density at radius 1 is 1.36 bits per heavy atom. The standard InChI is InChI=1S/C21H25N3O4/c1-13(2)17(19(26)27)24-10-7-16(18(24)25)23-20(28)21(8-4-9-21)15-6-3-5-14(11-15)12-22/h3,5-6,11,13,16-17H,4,7-10H2,1-2H3,(H,23,28)(H,26,27). The van der Waals surface area contributed by atoms with Crippen LogP contribution in [0.4, 0.5) is 0 Å². The largest absolute Gasteiger partial charge is 0.480 e. The summed E-state index contributed by atoms with van der Waals surface area (Å²) in [5.41, 5.74) is 0.578. The molecule has 3 rings (SSSR count). The third-order valence-corrected chi connectivity index (χ3v) is 5.95. The highest BCUT2D eigenvalue weighted by Crippen LogP contribution is 2.44. The number of rotatable bonds is 6.